The van der Waals surface area contributed by atoms with Gasteiger partial charge in [-0.1, -0.05) is 17.7 Å². The van der Waals surface area contributed by atoms with Gasteiger partial charge in [-0.05, 0) is 50.1 Å². The van der Waals surface area contributed by atoms with Crippen molar-refractivity contribution in [3.05, 3.63) is 52.7 Å². The lowest BCUT2D eigenvalue weighted by Gasteiger charge is -2.22. The molecule has 1 aliphatic heterocycles. The van der Waals surface area contributed by atoms with E-state index in [1.165, 1.54) is 12.0 Å². The quantitative estimate of drug-likeness (QED) is 0.794. The molecule has 2 aromatic rings. The minimum Gasteiger partial charge on any atom is -0.465 e. The molecule has 1 aliphatic rings. The number of nitrogens with zero attached hydrogens (tertiary/aromatic N) is 2. The Morgan fingerprint density at radius 2 is 2.26 bits per heavy atom. The molecule has 19 heavy (non-hydrogen) atoms. The van der Waals surface area contributed by atoms with Crippen LogP contribution in [0.2, 0.25) is 5.15 Å². The number of hydrogen-bond donors (Lipinski definition) is 0. The van der Waals surface area contributed by atoms with Crippen LogP contribution >= 0.6 is 11.6 Å². The molecule has 0 aliphatic carbocycles. The Kier molecular flexibility index (Phi) is 3.58. The van der Waals surface area contributed by atoms with Crippen molar-refractivity contribution in [1.29, 1.82) is 0 Å². The summed E-state index contributed by atoms with van der Waals surface area (Å²) in [6.45, 7) is 3.99. The van der Waals surface area contributed by atoms with Gasteiger partial charge >= 0.3 is 0 Å². The van der Waals surface area contributed by atoms with E-state index in [0.717, 1.165) is 31.0 Å². The Morgan fingerprint density at radius 3 is 2.95 bits per heavy atom. The van der Waals surface area contributed by atoms with Crippen molar-refractivity contribution in [3.8, 4) is 0 Å². The first-order chi connectivity index (χ1) is 9.22. The predicted octanol–water partition coefficient (Wildman–Crippen LogP) is 3.97. The van der Waals surface area contributed by atoms with Crippen LogP contribution in [-0.4, -0.2) is 16.4 Å². The summed E-state index contributed by atoms with van der Waals surface area (Å²) in [6, 6.07) is 8.41. The summed E-state index contributed by atoms with van der Waals surface area (Å²) in [7, 11) is 0. The molecular weight excluding hydrogens is 260 g/mol. The number of halogens is 1. The molecule has 4 heteroatoms. The average Bonchev–Trinajstić information content (AvgIpc) is 3.01. The van der Waals surface area contributed by atoms with E-state index in [1.807, 2.05) is 31.3 Å². The number of hydrogen-bond acceptors (Lipinski definition) is 3. The highest BCUT2D eigenvalue weighted by Gasteiger charge is 2.28. The van der Waals surface area contributed by atoms with E-state index < -0.39 is 0 Å². The maximum atomic E-state index is 5.82. The maximum absolute atomic E-state index is 5.82. The lowest BCUT2D eigenvalue weighted by Crippen LogP contribution is -2.22. The van der Waals surface area contributed by atoms with Crippen molar-refractivity contribution in [3.63, 3.8) is 0 Å². The van der Waals surface area contributed by atoms with E-state index in [-0.39, 0.29) is 0 Å². The van der Waals surface area contributed by atoms with E-state index in [2.05, 4.69) is 16.0 Å². The highest BCUT2D eigenvalue weighted by atomic mass is 35.5. The highest BCUT2D eigenvalue weighted by molar-refractivity contribution is 6.29. The van der Waals surface area contributed by atoms with Gasteiger partial charge in [0.15, 0.2) is 0 Å². The zero-order valence-corrected chi connectivity index (χ0v) is 11.7. The first-order valence-electron chi connectivity index (χ1n) is 6.63. The molecule has 3 heterocycles. The summed E-state index contributed by atoms with van der Waals surface area (Å²) in [4.78, 5) is 6.59. The molecule has 1 fully saturated rings. The van der Waals surface area contributed by atoms with Crippen molar-refractivity contribution < 1.29 is 4.42 Å². The van der Waals surface area contributed by atoms with Gasteiger partial charge in [-0.3, -0.25) is 4.90 Å². The van der Waals surface area contributed by atoms with Crippen LogP contribution in [0.5, 0.6) is 0 Å². The molecule has 0 saturated carbocycles. The summed E-state index contributed by atoms with van der Waals surface area (Å²) < 4.78 is 5.78. The first kappa shape index (κ1) is 12.7. The zero-order chi connectivity index (χ0) is 13.2. The summed E-state index contributed by atoms with van der Waals surface area (Å²) in [5.41, 5.74) is 1.19. The van der Waals surface area contributed by atoms with Gasteiger partial charge < -0.3 is 4.42 Å². The van der Waals surface area contributed by atoms with Crippen molar-refractivity contribution >= 4 is 11.6 Å². The SMILES string of the molecule is Cc1ccc(C2CCCN2Cc2ccc(Cl)nc2)o1. The molecule has 100 valence electrons. The van der Waals surface area contributed by atoms with E-state index in [9.17, 15) is 0 Å². The molecule has 3 nitrogen and oxygen atoms in total. The van der Waals surface area contributed by atoms with Crippen molar-refractivity contribution in [1.82, 2.24) is 9.88 Å². The van der Waals surface area contributed by atoms with Gasteiger partial charge in [0.1, 0.15) is 16.7 Å². The predicted molar refractivity (Wildman–Crippen MR) is 75.1 cm³/mol. The van der Waals surface area contributed by atoms with Gasteiger partial charge in [0.05, 0.1) is 6.04 Å². The molecular formula is C15H17ClN2O. The third-order valence-corrected chi connectivity index (χ3v) is 3.85. The largest absolute Gasteiger partial charge is 0.465 e. The molecule has 0 aromatic carbocycles. The molecule has 0 radical (unpaired) electrons. The van der Waals surface area contributed by atoms with Crippen LogP contribution in [0.25, 0.3) is 0 Å². The van der Waals surface area contributed by atoms with Gasteiger partial charge in [-0.15, -0.1) is 0 Å². The fourth-order valence-electron chi connectivity index (χ4n) is 2.70. The van der Waals surface area contributed by atoms with Crippen LogP contribution in [0.3, 0.4) is 0 Å². The second kappa shape index (κ2) is 5.35. The molecule has 3 rings (SSSR count). The normalized spacial score (nSPS) is 20.0. The Morgan fingerprint density at radius 1 is 1.37 bits per heavy atom. The zero-order valence-electron chi connectivity index (χ0n) is 11.0. The monoisotopic (exact) mass is 276 g/mol. The molecule has 0 amide bonds. The number of rotatable bonds is 3. The lowest BCUT2D eigenvalue weighted by atomic mass is 10.1. The number of aromatic nitrogens is 1. The third kappa shape index (κ3) is 2.82. The third-order valence-electron chi connectivity index (χ3n) is 3.63. The summed E-state index contributed by atoms with van der Waals surface area (Å²) in [5, 5.41) is 0.545. The van der Waals surface area contributed by atoms with Crippen molar-refractivity contribution in [2.45, 2.75) is 32.4 Å². The van der Waals surface area contributed by atoms with Crippen LogP contribution < -0.4 is 0 Å². The molecule has 0 spiro atoms. The molecule has 1 saturated heterocycles. The van der Waals surface area contributed by atoms with E-state index in [1.54, 1.807) is 0 Å². The Bertz CT molecular complexity index is 550. The van der Waals surface area contributed by atoms with Gasteiger partial charge in [-0.2, -0.15) is 0 Å². The Balaban J connectivity index is 1.74. The average molecular weight is 277 g/mol. The second-order valence-electron chi connectivity index (χ2n) is 5.07. The van der Waals surface area contributed by atoms with Crippen LogP contribution in [0.4, 0.5) is 0 Å². The smallest absolute Gasteiger partial charge is 0.129 e. The van der Waals surface area contributed by atoms with Gasteiger partial charge in [0.2, 0.25) is 0 Å². The first-order valence-corrected chi connectivity index (χ1v) is 7.01. The van der Waals surface area contributed by atoms with Crippen LogP contribution in [0, 0.1) is 6.92 Å². The van der Waals surface area contributed by atoms with E-state index >= 15 is 0 Å². The summed E-state index contributed by atoms with van der Waals surface area (Å²) in [6.07, 6.45) is 4.23. The number of aryl methyl sites for hydroxylation is 1. The minimum absolute atomic E-state index is 0.393. The lowest BCUT2D eigenvalue weighted by molar-refractivity contribution is 0.219. The fraction of sp³-hybridized carbons (Fsp3) is 0.400. The number of pyridine rings is 1. The van der Waals surface area contributed by atoms with E-state index in [4.69, 9.17) is 16.0 Å². The standard InChI is InChI=1S/C15H17ClN2O/c1-11-4-6-14(19-11)13-3-2-8-18(13)10-12-5-7-15(16)17-9-12/h4-7,9,13H,2-3,8,10H2,1H3. The highest BCUT2D eigenvalue weighted by Crippen LogP contribution is 2.33. The topological polar surface area (TPSA) is 29.3 Å². The molecule has 0 N–H and O–H groups in total. The van der Waals surface area contributed by atoms with Crippen LogP contribution in [-0.2, 0) is 6.54 Å². The Hall–Kier alpha value is -1.32. The second-order valence-corrected chi connectivity index (χ2v) is 5.45. The van der Waals surface area contributed by atoms with Crippen molar-refractivity contribution in [2.24, 2.45) is 0 Å². The minimum atomic E-state index is 0.393. The van der Waals surface area contributed by atoms with Crippen molar-refractivity contribution in [2.75, 3.05) is 6.54 Å². The molecule has 2 aromatic heterocycles. The maximum Gasteiger partial charge on any atom is 0.129 e. The Labute approximate surface area is 118 Å². The van der Waals surface area contributed by atoms with Gasteiger partial charge in [0.25, 0.3) is 0 Å². The van der Waals surface area contributed by atoms with Gasteiger partial charge in [0, 0.05) is 12.7 Å². The number of furan rings is 1. The molecule has 1 atom stereocenters. The van der Waals surface area contributed by atoms with Crippen LogP contribution in [0.15, 0.2) is 34.9 Å². The van der Waals surface area contributed by atoms with Crippen LogP contribution in [0.1, 0.15) is 36.0 Å². The summed E-state index contributed by atoms with van der Waals surface area (Å²) in [5.74, 6) is 2.06. The van der Waals surface area contributed by atoms with E-state index in [0.29, 0.717) is 11.2 Å². The summed E-state index contributed by atoms with van der Waals surface area (Å²) >= 11 is 5.82. The van der Waals surface area contributed by atoms with Gasteiger partial charge in [-0.25, -0.2) is 4.98 Å². The fourth-order valence-corrected chi connectivity index (χ4v) is 2.82. The molecule has 0 bridgehead atoms. The molecule has 1 unspecified atom stereocenters. The number of likely N-dealkylation sites (tertiary alicyclic amines) is 1.